The zero-order chi connectivity index (χ0) is 19.9. The Morgan fingerprint density at radius 2 is 2.04 bits per heavy atom. The fraction of sp³-hybridized carbons (Fsp3) is 0.471. The van der Waals surface area contributed by atoms with Crippen LogP contribution in [-0.4, -0.2) is 35.8 Å². The van der Waals surface area contributed by atoms with Gasteiger partial charge in [0.25, 0.3) is 5.91 Å². The average Bonchev–Trinajstić information content (AvgIpc) is 2.82. The highest BCUT2D eigenvalue weighted by Crippen LogP contribution is 2.19. The lowest BCUT2D eigenvalue weighted by atomic mass is 10.1. The van der Waals surface area contributed by atoms with E-state index >= 15 is 0 Å². The van der Waals surface area contributed by atoms with Crippen molar-refractivity contribution in [2.75, 3.05) is 13.2 Å². The van der Waals surface area contributed by atoms with Crippen LogP contribution in [0.15, 0.2) is 11.6 Å². The molecule has 0 fully saturated rings. The molecule has 0 aromatic carbocycles. The maximum absolute atomic E-state index is 12.0. The molecular weight excluding hydrogens is 351 g/mol. The molecule has 9 heteroatoms. The molecule has 0 saturated heterocycles. The van der Waals surface area contributed by atoms with Crippen molar-refractivity contribution < 1.29 is 27.5 Å². The Morgan fingerprint density at radius 1 is 1.38 bits per heavy atom. The molecule has 1 rings (SSSR count). The highest BCUT2D eigenvalue weighted by atomic mass is 19.4. The van der Waals surface area contributed by atoms with Gasteiger partial charge in [-0.1, -0.05) is 6.92 Å². The lowest BCUT2D eigenvalue weighted by Crippen LogP contribution is -2.36. The molecule has 0 saturated carbocycles. The molecule has 26 heavy (non-hydrogen) atoms. The number of esters is 1. The SMILES string of the molecule is CCCn1c(C)cc(/C=C(/C#N)C(=O)OCC(=O)NCC(F)(F)F)c1C. The van der Waals surface area contributed by atoms with Gasteiger partial charge in [-0.05, 0) is 38.0 Å². The topological polar surface area (TPSA) is 84.1 Å². The predicted octanol–water partition coefficient (Wildman–Crippen LogP) is 2.64. The third-order valence-corrected chi connectivity index (χ3v) is 3.52. The molecule has 142 valence electrons. The second kappa shape index (κ2) is 9.08. The molecule has 1 N–H and O–H groups in total. The van der Waals surface area contributed by atoms with Gasteiger partial charge >= 0.3 is 12.1 Å². The second-order valence-electron chi connectivity index (χ2n) is 5.62. The number of ether oxygens (including phenoxy) is 1. The van der Waals surface area contributed by atoms with Gasteiger partial charge < -0.3 is 14.6 Å². The Hall–Kier alpha value is -2.76. The van der Waals surface area contributed by atoms with Crippen LogP contribution in [0.5, 0.6) is 0 Å². The number of carbonyl (C=O) groups excluding carboxylic acids is 2. The van der Waals surface area contributed by atoms with Crippen LogP contribution in [0.2, 0.25) is 0 Å². The average molecular weight is 371 g/mol. The zero-order valence-corrected chi connectivity index (χ0v) is 14.7. The van der Waals surface area contributed by atoms with Crippen LogP contribution < -0.4 is 5.32 Å². The number of rotatable bonds is 7. The monoisotopic (exact) mass is 371 g/mol. The third-order valence-electron chi connectivity index (χ3n) is 3.52. The molecule has 0 atom stereocenters. The van der Waals surface area contributed by atoms with Gasteiger partial charge in [0.05, 0.1) is 0 Å². The number of nitriles is 1. The highest BCUT2D eigenvalue weighted by molar-refractivity contribution is 5.99. The highest BCUT2D eigenvalue weighted by Gasteiger charge is 2.28. The van der Waals surface area contributed by atoms with Gasteiger partial charge in [0.2, 0.25) is 0 Å². The summed E-state index contributed by atoms with van der Waals surface area (Å²) in [6.07, 6.45) is -2.30. The summed E-state index contributed by atoms with van der Waals surface area (Å²) in [4.78, 5) is 23.1. The molecule has 1 aromatic heterocycles. The fourth-order valence-electron chi connectivity index (χ4n) is 2.29. The van der Waals surface area contributed by atoms with E-state index in [2.05, 4.69) is 4.74 Å². The first-order valence-corrected chi connectivity index (χ1v) is 7.88. The minimum Gasteiger partial charge on any atom is -0.451 e. The predicted molar refractivity (Wildman–Crippen MR) is 87.8 cm³/mol. The maximum atomic E-state index is 12.0. The van der Waals surface area contributed by atoms with Crippen molar-refractivity contribution >= 4 is 18.0 Å². The molecule has 0 aliphatic rings. The van der Waals surface area contributed by atoms with E-state index in [1.807, 2.05) is 31.4 Å². The Bertz CT molecular complexity index is 743. The van der Waals surface area contributed by atoms with Crippen molar-refractivity contribution in [3.63, 3.8) is 0 Å². The number of amides is 1. The number of aryl methyl sites for hydroxylation is 1. The van der Waals surface area contributed by atoms with Crippen molar-refractivity contribution in [2.24, 2.45) is 0 Å². The van der Waals surface area contributed by atoms with E-state index in [0.717, 1.165) is 24.4 Å². The van der Waals surface area contributed by atoms with E-state index in [9.17, 15) is 22.8 Å². The molecule has 0 spiro atoms. The van der Waals surface area contributed by atoms with Crippen molar-refractivity contribution in [1.82, 2.24) is 9.88 Å². The number of alkyl halides is 3. The van der Waals surface area contributed by atoms with E-state index in [1.165, 1.54) is 6.08 Å². The zero-order valence-electron chi connectivity index (χ0n) is 14.7. The summed E-state index contributed by atoms with van der Waals surface area (Å²) in [6.45, 7) is 4.14. The molecule has 1 aromatic rings. The summed E-state index contributed by atoms with van der Waals surface area (Å²) in [5.41, 5.74) is 2.15. The van der Waals surface area contributed by atoms with Gasteiger partial charge in [0.1, 0.15) is 18.2 Å². The van der Waals surface area contributed by atoms with E-state index in [4.69, 9.17) is 5.26 Å². The molecule has 6 nitrogen and oxygen atoms in total. The number of carbonyl (C=O) groups is 2. The van der Waals surface area contributed by atoms with Crippen LogP contribution in [0.25, 0.3) is 6.08 Å². The Kier molecular flexibility index (Phi) is 7.43. The fourth-order valence-corrected chi connectivity index (χ4v) is 2.29. The molecule has 0 bridgehead atoms. The lowest BCUT2D eigenvalue weighted by molar-refractivity contribution is -0.148. The summed E-state index contributed by atoms with van der Waals surface area (Å²) >= 11 is 0. The van der Waals surface area contributed by atoms with Gasteiger partial charge in [-0.25, -0.2) is 4.79 Å². The van der Waals surface area contributed by atoms with Gasteiger partial charge in [-0.2, -0.15) is 18.4 Å². The van der Waals surface area contributed by atoms with E-state index in [1.54, 1.807) is 11.4 Å². The smallest absolute Gasteiger partial charge is 0.405 e. The number of nitrogens with zero attached hydrogens (tertiary/aromatic N) is 2. The standard InChI is InChI=1S/C17H20F3N3O3/c1-4-5-23-11(2)6-13(12(23)3)7-14(8-21)16(25)26-9-15(24)22-10-17(18,19)20/h6-7H,4-5,9-10H2,1-3H3,(H,22,24)/b14-7-. The minimum atomic E-state index is -4.56. The molecule has 1 amide bonds. The van der Waals surface area contributed by atoms with Crippen LogP contribution in [-0.2, 0) is 20.9 Å². The number of hydrogen-bond donors (Lipinski definition) is 1. The molecule has 0 radical (unpaired) electrons. The Morgan fingerprint density at radius 3 is 2.58 bits per heavy atom. The quantitative estimate of drug-likeness (QED) is 0.454. The molecule has 0 aliphatic carbocycles. The van der Waals surface area contributed by atoms with E-state index < -0.39 is 31.2 Å². The van der Waals surface area contributed by atoms with Crippen LogP contribution in [0.1, 0.15) is 30.3 Å². The minimum absolute atomic E-state index is 0.342. The van der Waals surface area contributed by atoms with Crippen molar-refractivity contribution in [3.8, 4) is 6.07 Å². The number of nitrogens with one attached hydrogen (secondary N) is 1. The largest absolute Gasteiger partial charge is 0.451 e. The lowest BCUT2D eigenvalue weighted by Gasteiger charge is -2.08. The Labute approximate surface area is 149 Å². The van der Waals surface area contributed by atoms with Crippen LogP contribution in [0.3, 0.4) is 0 Å². The van der Waals surface area contributed by atoms with Gasteiger partial charge in [-0.15, -0.1) is 0 Å². The van der Waals surface area contributed by atoms with Gasteiger partial charge in [0, 0.05) is 17.9 Å². The molecule has 0 unspecified atom stereocenters. The second-order valence-corrected chi connectivity index (χ2v) is 5.62. The first-order valence-electron chi connectivity index (χ1n) is 7.88. The summed E-state index contributed by atoms with van der Waals surface area (Å²) in [7, 11) is 0. The summed E-state index contributed by atoms with van der Waals surface area (Å²) in [6, 6.07) is 3.50. The molecular formula is C17H20F3N3O3. The van der Waals surface area contributed by atoms with E-state index in [-0.39, 0.29) is 5.57 Å². The van der Waals surface area contributed by atoms with E-state index in [0.29, 0.717) is 5.56 Å². The third kappa shape index (κ3) is 6.27. The Balaban J connectivity index is 2.78. The van der Waals surface area contributed by atoms with Gasteiger partial charge in [-0.3, -0.25) is 4.79 Å². The van der Waals surface area contributed by atoms with Gasteiger partial charge in [0.15, 0.2) is 6.61 Å². The van der Waals surface area contributed by atoms with Crippen LogP contribution in [0.4, 0.5) is 13.2 Å². The molecule has 0 aliphatic heterocycles. The summed E-state index contributed by atoms with van der Waals surface area (Å²) in [5, 5.41) is 10.7. The number of hydrogen-bond acceptors (Lipinski definition) is 4. The number of aromatic nitrogens is 1. The first kappa shape index (κ1) is 21.3. The maximum Gasteiger partial charge on any atom is 0.405 e. The van der Waals surface area contributed by atoms with Crippen molar-refractivity contribution in [2.45, 2.75) is 39.9 Å². The van der Waals surface area contributed by atoms with Crippen LogP contribution in [0, 0.1) is 25.2 Å². The summed E-state index contributed by atoms with van der Waals surface area (Å²) < 4.78 is 42.6. The normalized spacial score (nSPS) is 11.8. The van der Waals surface area contributed by atoms with Crippen molar-refractivity contribution in [3.05, 3.63) is 28.6 Å². The first-order chi connectivity index (χ1) is 12.1. The van der Waals surface area contributed by atoms with Crippen molar-refractivity contribution in [1.29, 1.82) is 5.26 Å². The van der Waals surface area contributed by atoms with Crippen LogP contribution >= 0.6 is 0 Å². The molecule has 1 heterocycles. The summed E-state index contributed by atoms with van der Waals surface area (Å²) in [5.74, 6) is -2.18. The number of halogens is 3.